The number of carbonyl (C=O) groups excluding carboxylic acids is 2. The Morgan fingerprint density at radius 2 is 2.27 bits per heavy atom. The molecule has 4 nitrogen and oxygen atoms in total. The van der Waals surface area contributed by atoms with Gasteiger partial charge in [0.25, 0.3) is 0 Å². The normalized spacial score (nSPS) is 18.4. The van der Waals surface area contributed by atoms with E-state index in [-0.39, 0.29) is 18.2 Å². The maximum absolute atomic E-state index is 12.4. The number of carbonyl (C=O) groups is 2. The van der Waals surface area contributed by atoms with Crippen molar-refractivity contribution < 1.29 is 14.3 Å². The van der Waals surface area contributed by atoms with E-state index >= 15 is 0 Å². The smallest absolute Gasteiger partial charge is 0.336 e. The van der Waals surface area contributed by atoms with Crippen molar-refractivity contribution in [2.75, 3.05) is 13.7 Å². The maximum atomic E-state index is 12.4. The number of methoxy groups -OCH3 is 1. The van der Waals surface area contributed by atoms with Crippen LogP contribution in [0.2, 0.25) is 5.02 Å². The van der Waals surface area contributed by atoms with E-state index in [1.807, 2.05) is 12.1 Å². The zero-order valence-corrected chi connectivity index (χ0v) is 13.4. The molecule has 1 unspecified atom stereocenters. The van der Waals surface area contributed by atoms with E-state index in [0.29, 0.717) is 22.8 Å². The second kappa shape index (κ2) is 6.79. The third-order valence-corrected chi connectivity index (χ3v) is 4.03. The predicted molar refractivity (Wildman–Crippen MR) is 85.4 cm³/mol. The summed E-state index contributed by atoms with van der Waals surface area (Å²) in [6.45, 7) is 5.78. The van der Waals surface area contributed by atoms with E-state index < -0.39 is 5.97 Å². The molecular weight excluding hydrogens is 302 g/mol. The van der Waals surface area contributed by atoms with Gasteiger partial charge in [0.15, 0.2) is 0 Å². The fourth-order valence-corrected chi connectivity index (χ4v) is 2.95. The minimum atomic E-state index is -0.427. The molecule has 2 rings (SSSR count). The zero-order valence-electron chi connectivity index (χ0n) is 12.6. The van der Waals surface area contributed by atoms with Crippen molar-refractivity contribution in [1.29, 1.82) is 0 Å². The van der Waals surface area contributed by atoms with Crippen LogP contribution < -0.4 is 0 Å². The van der Waals surface area contributed by atoms with Crippen LogP contribution in [0.4, 0.5) is 0 Å². The first kappa shape index (κ1) is 16.3. The first-order valence-electron chi connectivity index (χ1n) is 6.95. The lowest BCUT2D eigenvalue weighted by atomic mass is 9.83. The van der Waals surface area contributed by atoms with Gasteiger partial charge in [0.05, 0.1) is 12.7 Å². The van der Waals surface area contributed by atoms with Gasteiger partial charge in [0, 0.05) is 29.6 Å². The summed E-state index contributed by atoms with van der Waals surface area (Å²) in [5.74, 6) is -0.821. The van der Waals surface area contributed by atoms with Crippen molar-refractivity contribution in [3.05, 3.63) is 58.8 Å². The van der Waals surface area contributed by atoms with E-state index in [2.05, 4.69) is 6.58 Å². The summed E-state index contributed by atoms with van der Waals surface area (Å²) in [7, 11) is 1.34. The first-order chi connectivity index (χ1) is 10.5. The highest BCUT2D eigenvalue weighted by Gasteiger charge is 2.36. The van der Waals surface area contributed by atoms with Gasteiger partial charge in [-0.3, -0.25) is 4.79 Å². The van der Waals surface area contributed by atoms with Crippen LogP contribution in [0.25, 0.3) is 0 Å². The minimum Gasteiger partial charge on any atom is -0.466 e. The predicted octanol–water partition coefficient (Wildman–Crippen LogP) is 3.29. The van der Waals surface area contributed by atoms with Crippen molar-refractivity contribution in [2.24, 2.45) is 0 Å². The van der Waals surface area contributed by atoms with Gasteiger partial charge < -0.3 is 9.64 Å². The Morgan fingerprint density at radius 3 is 2.86 bits per heavy atom. The number of allylic oxidation sites excluding steroid dienone is 1. The molecule has 1 amide bonds. The van der Waals surface area contributed by atoms with Crippen molar-refractivity contribution in [2.45, 2.75) is 19.3 Å². The third kappa shape index (κ3) is 3.07. The van der Waals surface area contributed by atoms with Crippen LogP contribution in [0.3, 0.4) is 0 Å². The molecule has 0 radical (unpaired) electrons. The molecule has 1 aromatic carbocycles. The van der Waals surface area contributed by atoms with Gasteiger partial charge in [0.2, 0.25) is 5.91 Å². The molecule has 0 bridgehead atoms. The number of amides is 1. The molecule has 0 fully saturated rings. The average molecular weight is 320 g/mol. The number of hydrogen-bond acceptors (Lipinski definition) is 3. The number of benzene rings is 1. The molecule has 0 saturated carbocycles. The van der Waals surface area contributed by atoms with Crippen LogP contribution in [0.1, 0.15) is 24.8 Å². The minimum absolute atomic E-state index is 0.0463. The molecule has 0 N–H and O–H groups in total. The fourth-order valence-electron chi connectivity index (χ4n) is 2.75. The topological polar surface area (TPSA) is 46.6 Å². The lowest BCUT2D eigenvalue weighted by Crippen LogP contribution is -2.38. The summed E-state index contributed by atoms with van der Waals surface area (Å²) in [5.41, 5.74) is 1.93. The molecule has 116 valence electrons. The molecule has 0 spiro atoms. The van der Waals surface area contributed by atoms with Gasteiger partial charge in [0.1, 0.15) is 0 Å². The van der Waals surface area contributed by atoms with E-state index in [0.717, 1.165) is 5.56 Å². The van der Waals surface area contributed by atoms with Crippen molar-refractivity contribution in [1.82, 2.24) is 4.90 Å². The van der Waals surface area contributed by atoms with E-state index in [1.165, 1.54) is 7.11 Å². The van der Waals surface area contributed by atoms with Crippen LogP contribution in [0.5, 0.6) is 0 Å². The van der Waals surface area contributed by atoms with Crippen LogP contribution in [-0.4, -0.2) is 30.4 Å². The lowest BCUT2D eigenvalue weighted by Gasteiger charge is -2.33. The third-order valence-electron chi connectivity index (χ3n) is 3.79. The zero-order chi connectivity index (χ0) is 16.3. The number of rotatable bonds is 4. The maximum Gasteiger partial charge on any atom is 0.336 e. The summed E-state index contributed by atoms with van der Waals surface area (Å²) in [6, 6.07) is 7.21. The molecule has 0 aliphatic carbocycles. The van der Waals surface area contributed by atoms with E-state index in [1.54, 1.807) is 30.0 Å². The Balaban J connectivity index is 2.55. The molecule has 1 atom stereocenters. The molecule has 1 aromatic rings. The standard InChI is InChI=1S/C17H18ClNO3/c1-4-8-19-11(2)16(17(21)22-3)14(10-15(19)20)12-6-5-7-13(18)9-12/h4-7,9,14H,1,8,10H2,2-3H3. The monoisotopic (exact) mass is 319 g/mol. The summed E-state index contributed by atoms with van der Waals surface area (Å²) < 4.78 is 4.91. The highest BCUT2D eigenvalue weighted by molar-refractivity contribution is 6.30. The molecule has 5 heteroatoms. The Morgan fingerprint density at radius 1 is 1.55 bits per heavy atom. The largest absolute Gasteiger partial charge is 0.466 e. The number of nitrogens with zero attached hydrogens (tertiary/aromatic N) is 1. The second-order valence-electron chi connectivity index (χ2n) is 5.10. The van der Waals surface area contributed by atoms with Crippen molar-refractivity contribution in [3.8, 4) is 0 Å². The van der Waals surface area contributed by atoms with Gasteiger partial charge in [-0.05, 0) is 24.6 Å². The van der Waals surface area contributed by atoms with Crippen molar-refractivity contribution >= 4 is 23.5 Å². The molecule has 0 aromatic heterocycles. The summed E-state index contributed by atoms with van der Waals surface area (Å²) in [5, 5.41) is 0.570. The molecule has 0 saturated heterocycles. The summed E-state index contributed by atoms with van der Waals surface area (Å²) >= 11 is 6.04. The van der Waals surface area contributed by atoms with Crippen LogP contribution in [0, 0.1) is 0 Å². The number of ether oxygens (including phenoxy) is 1. The van der Waals surface area contributed by atoms with E-state index in [9.17, 15) is 9.59 Å². The van der Waals surface area contributed by atoms with Gasteiger partial charge in [-0.1, -0.05) is 29.8 Å². The van der Waals surface area contributed by atoms with Crippen LogP contribution >= 0.6 is 11.6 Å². The second-order valence-corrected chi connectivity index (χ2v) is 5.53. The van der Waals surface area contributed by atoms with Crippen LogP contribution in [0.15, 0.2) is 48.2 Å². The Labute approximate surface area is 135 Å². The summed E-state index contributed by atoms with van der Waals surface area (Å²) in [4.78, 5) is 26.2. The molecule has 22 heavy (non-hydrogen) atoms. The lowest BCUT2D eigenvalue weighted by molar-refractivity contribution is -0.137. The average Bonchev–Trinajstić information content (AvgIpc) is 2.50. The molecule has 1 heterocycles. The molecule has 1 aliphatic heterocycles. The highest BCUT2D eigenvalue weighted by atomic mass is 35.5. The van der Waals surface area contributed by atoms with E-state index in [4.69, 9.17) is 16.3 Å². The van der Waals surface area contributed by atoms with Crippen molar-refractivity contribution in [3.63, 3.8) is 0 Å². The summed E-state index contributed by atoms with van der Waals surface area (Å²) in [6.07, 6.45) is 1.84. The molecule has 1 aliphatic rings. The number of halogens is 1. The van der Waals surface area contributed by atoms with Gasteiger partial charge in [-0.2, -0.15) is 0 Å². The van der Waals surface area contributed by atoms with Gasteiger partial charge in [-0.15, -0.1) is 6.58 Å². The van der Waals surface area contributed by atoms with Gasteiger partial charge in [-0.25, -0.2) is 4.79 Å². The highest BCUT2D eigenvalue weighted by Crippen LogP contribution is 2.37. The number of esters is 1. The van der Waals surface area contributed by atoms with Crippen LogP contribution in [-0.2, 0) is 14.3 Å². The Bertz CT molecular complexity index is 651. The van der Waals surface area contributed by atoms with Gasteiger partial charge >= 0.3 is 5.97 Å². The number of hydrogen-bond donors (Lipinski definition) is 0. The SMILES string of the molecule is C=CCN1C(=O)CC(c2cccc(Cl)c2)C(C(=O)OC)=C1C. The fraction of sp³-hybridized carbons (Fsp3) is 0.294. The Hall–Kier alpha value is -2.07. The first-order valence-corrected chi connectivity index (χ1v) is 7.33. The Kier molecular flexibility index (Phi) is 5.03. The quantitative estimate of drug-likeness (QED) is 0.632. The molecular formula is C17H18ClNO3.